The van der Waals surface area contributed by atoms with E-state index in [2.05, 4.69) is 69.8 Å². The summed E-state index contributed by atoms with van der Waals surface area (Å²) in [6.45, 7) is 12.9. The van der Waals surface area contributed by atoms with Crippen molar-refractivity contribution in [1.29, 1.82) is 0 Å². The molecule has 2 aromatic heterocycles. The molecule has 0 amide bonds. The number of aromatic amines is 1. The van der Waals surface area contributed by atoms with Gasteiger partial charge in [-0.25, -0.2) is 0 Å². The van der Waals surface area contributed by atoms with Crippen molar-refractivity contribution >= 4 is 16.9 Å². The van der Waals surface area contributed by atoms with E-state index in [1.807, 2.05) is 6.20 Å². The second-order valence-electron chi connectivity index (χ2n) is 9.03. The van der Waals surface area contributed by atoms with Crippen LogP contribution in [0.2, 0.25) is 0 Å². The van der Waals surface area contributed by atoms with Crippen LogP contribution in [-0.2, 0) is 13.0 Å². The molecule has 7 nitrogen and oxygen atoms in total. The molecule has 1 fully saturated rings. The van der Waals surface area contributed by atoms with Gasteiger partial charge < -0.3 is 15.5 Å². The topological polar surface area (TPSA) is 83.3 Å². The molecule has 0 bridgehead atoms. The lowest BCUT2D eigenvalue weighted by Gasteiger charge is -2.36. The Morgan fingerprint density at radius 1 is 1.06 bits per heavy atom. The lowest BCUT2D eigenvalue weighted by Crippen LogP contribution is -2.48. The predicted octanol–water partition coefficient (Wildman–Crippen LogP) is 3.84. The molecule has 1 aliphatic heterocycles. The summed E-state index contributed by atoms with van der Waals surface area (Å²) in [5.41, 5.74) is 11.5. The smallest absolute Gasteiger partial charge is 0.319 e. The Hall–Kier alpha value is -2.64. The van der Waals surface area contributed by atoms with Crippen LogP contribution in [0.1, 0.15) is 50.3 Å². The van der Waals surface area contributed by atoms with E-state index in [0.29, 0.717) is 24.5 Å². The predicted molar refractivity (Wildman–Crippen MR) is 130 cm³/mol. The van der Waals surface area contributed by atoms with Crippen LogP contribution < -0.4 is 10.5 Å². The lowest BCUT2D eigenvalue weighted by molar-refractivity contribution is 0.104. The van der Waals surface area contributed by atoms with Gasteiger partial charge in [0.2, 0.25) is 0 Å². The van der Waals surface area contributed by atoms with Crippen LogP contribution in [0.4, 0.5) is 5.82 Å². The SMILES string of the molecule is CCCCOc1nc(N)c2[nH]cc(Cc3ccc(CN4CCN(C(C)C)CC4)cc3)c2n1. The second kappa shape index (κ2) is 10.3. The van der Waals surface area contributed by atoms with Crippen LogP contribution in [0.15, 0.2) is 30.5 Å². The third kappa shape index (κ3) is 5.40. The molecule has 32 heavy (non-hydrogen) atoms. The Labute approximate surface area is 191 Å². The standard InChI is InChI=1S/C25H36N6O/c1-4-5-14-32-25-28-22-21(16-27-23(22)24(26)29-25)15-19-6-8-20(9-7-19)17-30-10-12-31(13-11-30)18(2)3/h6-9,16,18,27H,4-5,10-15,17H2,1-3H3,(H2,26,28,29). The highest BCUT2D eigenvalue weighted by Gasteiger charge is 2.19. The third-order valence-electron chi connectivity index (χ3n) is 6.30. The quantitative estimate of drug-likeness (QED) is 0.496. The molecule has 0 unspecified atom stereocenters. The number of H-pyrrole nitrogens is 1. The molecule has 4 rings (SSSR count). The third-order valence-corrected chi connectivity index (χ3v) is 6.30. The molecule has 0 saturated carbocycles. The van der Waals surface area contributed by atoms with Gasteiger partial charge in [0.15, 0.2) is 5.82 Å². The summed E-state index contributed by atoms with van der Waals surface area (Å²) >= 11 is 0. The van der Waals surface area contributed by atoms with E-state index in [9.17, 15) is 0 Å². The largest absolute Gasteiger partial charge is 0.463 e. The van der Waals surface area contributed by atoms with E-state index in [0.717, 1.165) is 68.6 Å². The van der Waals surface area contributed by atoms with Gasteiger partial charge in [0.25, 0.3) is 0 Å². The first-order chi connectivity index (χ1) is 15.5. The fourth-order valence-electron chi connectivity index (χ4n) is 4.24. The Morgan fingerprint density at radius 3 is 2.47 bits per heavy atom. The molecular formula is C25H36N6O. The zero-order valence-corrected chi connectivity index (χ0v) is 19.6. The molecule has 1 aliphatic rings. The molecule has 3 N–H and O–H groups in total. The number of ether oxygens (including phenoxy) is 1. The summed E-state index contributed by atoms with van der Waals surface area (Å²) in [5.74, 6) is 0.431. The van der Waals surface area contributed by atoms with Gasteiger partial charge >= 0.3 is 6.01 Å². The number of aromatic nitrogens is 3. The number of fused-ring (bicyclic) bond motifs is 1. The first-order valence-electron chi connectivity index (χ1n) is 11.8. The number of unbranched alkanes of at least 4 members (excludes halogenated alkanes) is 1. The Morgan fingerprint density at radius 2 is 1.78 bits per heavy atom. The molecule has 172 valence electrons. The summed E-state index contributed by atoms with van der Waals surface area (Å²) in [6.07, 6.45) is 4.81. The Balaban J connectivity index is 1.40. The molecule has 0 aliphatic carbocycles. The van der Waals surface area contributed by atoms with Crippen molar-refractivity contribution in [1.82, 2.24) is 24.8 Å². The van der Waals surface area contributed by atoms with Crippen molar-refractivity contribution < 1.29 is 4.74 Å². The monoisotopic (exact) mass is 436 g/mol. The minimum Gasteiger partial charge on any atom is -0.463 e. The van der Waals surface area contributed by atoms with Crippen LogP contribution in [0.25, 0.3) is 11.0 Å². The lowest BCUT2D eigenvalue weighted by atomic mass is 10.0. The van der Waals surface area contributed by atoms with Gasteiger partial charge in [0.1, 0.15) is 11.0 Å². The molecule has 0 atom stereocenters. The molecule has 0 spiro atoms. The van der Waals surface area contributed by atoms with Crippen LogP contribution in [-0.4, -0.2) is 63.6 Å². The van der Waals surface area contributed by atoms with Crippen molar-refractivity contribution in [2.75, 3.05) is 38.5 Å². The number of anilines is 1. The zero-order chi connectivity index (χ0) is 22.5. The van der Waals surface area contributed by atoms with E-state index >= 15 is 0 Å². The summed E-state index contributed by atoms with van der Waals surface area (Å²) < 4.78 is 5.69. The van der Waals surface area contributed by atoms with Crippen LogP contribution in [0.3, 0.4) is 0 Å². The Kier molecular flexibility index (Phi) is 7.27. The van der Waals surface area contributed by atoms with Gasteiger partial charge in [0.05, 0.1) is 6.61 Å². The first kappa shape index (κ1) is 22.6. The van der Waals surface area contributed by atoms with E-state index in [-0.39, 0.29) is 0 Å². The molecular weight excluding hydrogens is 400 g/mol. The fraction of sp³-hybridized carbons (Fsp3) is 0.520. The van der Waals surface area contributed by atoms with Gasteiger partial charge in [-0.05, 0) is 31.4 Å². The minimum atomic E-state index is 0.359. The van der Waals surface area contributed by atoms with Gasteiger partial charge in [-0.1, -0.05) is 37.6 Å². The van der Waals surface area contributed by atoms with Crippen molar-refractivity contribution in [3.05, 3.63) is 47.2 Å². The van der Waals surface area contributed by atoms with Crippen molar-refractivity contribution in [3.63, 3.8) is 0 Å². The number of hydrogen-bond acceptors (Lipinski definition) is 6. The summed E-state index contributed by atoms with van der Waals surface area (Å²) in [7, 11) is 0. The van der Waals surface area contributed by atoms with Gasteiger partial charge in [0, 0.05) is 56.9 Å². The molecule has 1 saturated heterocycles. The average Bonchev–Trinajstić information content (AvgIpc) is 3.19. The van der Waals surface area contributed by atoms with E-state index in [4.69, 9.17) is 10.5 Å². The summed E-state index contributed by atoms with van der Waals surface area (Å²) in [5, 5.41) is 0. The van der Waals surface area contributed by atoms with Crippen LogP contribution >= 0.6 is 0 Å². The minimum absolute atomic E-state index is 0.359. The first-order valence-corrected chi connectivity index (χ1v) is 11.8. The molecule has 0 radical (unpaired) electrons. The highest BCUT2D eigenvalue weighted by atomic mass is 16.5. The van der Waals surface area contributed by atoms with Crippen molar-refractivity contribution in [3.8, 4) is 6.01 Å². The number of rotatable bonds is 9. The number of nitrogens with one attached hydrogen (secondary N) is 1. The van der Waals surface area contributed by atoms with E-state index in [1.54, 1.807) is 0 Å². The maximum atomic E-state index is 6.13. The maximum Gasteiger partial charge on any atom is 0.319 e. The molecule has 7 heteroatoms. The van der Waals surface area contributed by atoms with Crippen LogP contribution in [0, 0.1) is 0 Å². The number of piperazine rings is 1. The number of benzene rings is 1. The number of nitrogens with two attached hydrogens (primary N) is 1. The average molecular weight is 437 g/mol. The van der Waals surface area contributed by atoms with Crippen LogP contribution in [0.5, 0.6) is 6.01 Å². The summed E-state index contributed by atoms with van der Waals surface area (Å²) in [4.78, 5) is 17.2. The van der Waals surface area contributed by atoms with Crippen molar-refractivity contribution in [2.45, 2.75) is 52.6 Å². The highest BCUT2D eigenvalue weighted by Crippen LogP contribution is 2.25. The molecule has 1 aromatic carbocycles. The van der Waals surface area contributed by atoms with Gasteiger partial charge in [-0.3, -0.25) is 9.80 Å². The second-order valence-corrected chi connectivity index (χ2v) is 9.03. The molecule has 3 aromatic rings. The number of hydrogen-bond donors (Lipinski definition) is 2. The fourth-order valence-corrected chi connectivity index (χ4v) is 4.24. The van der Waals surface area contributed by atoms with E-state index in [1.165, 1.54) is 11.1 Å². The highest BCUT2D eigenvalue weighted by molar-refractivity contribution is 5.87. The normalized spacial score (nSPS) is 15.6. The van der Waals surface area contributed by atoms with Crippen molar-refractivity contribution in [2.24, 2.45) is 0 Å². The summed E-state index contributed by atoms with van der Waals surface area (Å²) in [6, 6.07) is 9.95. The molecule has 3 heterocycles. The number of nitrogen functional groups attached to an aromatic ring is 1. The zero-order valence-electron chi connectivity index (χ0n) is 19.6. The van der Waals surface area contributed by atoms with Gasteiger partial charge in [-0.2, -0.15) is 9.97 Å². The van der Waals surface area contributed by atoms with E-state index < -0.39 is 0 Å². The Bertz CT molecular complexity index is 1010. The number of nitrogens with zero attached hydrogens (tertiary/aromatic N) is 4. The maximum absolute atomic E-state index is 6.13. The van der Waals surface area contributed by atoms with Gasteiger partial charge in [-0.15, -0.1) is 0 Å².